The first kappa shape index (κ1) is 37.8. The normalized spacial score (nSPS) is 42.2. The quantitative estimate of drug-likeness (QED) is 0.0471. The highest BCUT2D eigenvalue weighted by molar-refractivity contribution is 8.00. The van der Waals surface area contributed by atoms with E-state index in [0.717, 1.165) is 5.75 Å². The highest BCUT2D eigenvalue weighted by Gasteiger charge is 2.54. The topological polar surface area (TPSA) is 276 Å². The lowest BCUT2D eigenvalue weighted by Crippen LogP contribution is -2.47. The fourth-order valence-corrected chi connectivity index (χ4v) is 7.46. The van der Waals surface area contributed by atoms with Crippen LogP contribution in [0.25, 0.3) is 0 Å². The minimum absolute atomic E-state index is 0.0421. The van der Waals surface area contributed by atoms with Crippen LogP contribution < -0.4 is 16.0 Å². The average Bonchev–Trinajstić information content (AvgIpc) is 3.85. The lowest BCUT2D eigenvalue weighted by atomic mass is 10.1. The highest BCUT2D eigenvalue weighted by Crippen LogP contribution is 2.34. The summed E-state index contributed by atoms with van der Waals surface area (Å²) in [6.07, 6.45) is -14.0. The Hall–Kier alpha value is -1.47. The molecule has 0 aromatic rings. The van der Waals surface area contributed by atoms with E-state index >= 15 is 0 Å². The number of rotatable bonds is 18. The van der Waals surface area contributed by atoms with Gasteiger partial charge in [-0.1, -0.05) is 0 Å². The summed E-state index contributed by atoms with van der Waals surface area (Å²) in [6, 6.07) is -0.138. The van der Waals surface area contributed by atoms with Gasteiger partial charge in [0, 0.05) is 25.3 Å². The number of aliphatic hydroxyl groups excluding tert-OH is 7. The van der Waals surface area contributed by atoms with Crippen LogP contribution in [0.1, 0.15) is 25.7 Å². The van der Waals surface area contributed by atoms with Crippen molar-refractivity contribution in [3.63, 3.8) is 0 Å². The Morgan fingerprint density at radius 1 is 0.771 bits per heavy atom. The van der Waals surface area contributed by atoms with Crippen LogP contribution in [0.2, 0.25) is 0 Å². The second-order valence-electron chi connectivity index (χ2n) is 12.2. The monoisotopic (exact) mass is 713 g/mol. The molecule has 0 spiro atoms. The number of amides is 3. The fourth-order valence-electron chi connectivity index (χ4n) is 6.11. The summed E-state index contributed by atoms with van der Waals surface area (Å²) < 4.78 is 39.8. The fraction of sp³-hybridized carbons (Fsp3) is 0.929. The summed E-state index contributed by atoms with van der Waals surface area (Å²) in [4.78, 5) is 23.7. The Morgan fingerprint density at radius 3 is 2.06 bits per heavy atom. The molecular weight excluding hydrogens is 666 g/mol. The molecule has 5 heterocycles. The van der Waals surface area contributed by atoms with E-state index in [1.54, 1.807) is 11.8 Å². The molecule has 0 aliphatic carbocycles. The number of fused-ring (bicyclic) bond motifs is 1. The summed E-state index contributed by atoms with van der Waals surface area (Å²) in [5.41, 5.74) is -0.106. The lowest BCUT2D eigenvalue weighted by molar-refractivity contribution is -0.277. The van der Waals surface area contributed by atoms with E-state index in [1.807, 2.05) is 0 Å². The summed E-state index contributed by atoms with van der Waals surface area (Å²) >= 11 is 1.65. The molecule has 0 aromatic carbocycles. The Morgan fingerprint density at radius 2 is 1.38 bits per heavy atom. The number of carbonyl (C=O) groups is 2. The second kappa shape index (κ2) is 17.6. The molecule has 276 valence electrons. The number of nitrogens with one attached hydrogen (secondary N) is 3. The van der Waals surface area contributed by atoms with E-state index in [0.29, 0.717) is 38.8 Å². The Kier molecular flexibility index (Phi) is 13.9. The number of thioether (sulfide) groups is 1. The van der Waals surface area contributed by atoms with Crippen molar-refractivity contribution in [2.75, 3.05) is 45.3 Å². The molecule has 5 saturated heterocycles. The number of hydrogen-bond donors (Lipinski definition) is 10. The van der Waals surface area contributed by atoms with Crippen LogP contribution in [-0.2, 0) is 38.0 Å². The molecule has 48 heavy (non-hydrogen) atoms. The van der Waals surface area contributed by atoms with Crippen molar-refractivity contribution in [3.05, 3.63) is 0 Å². The number of carbonyl (C=O) groups excluding carboxylic acids is 2. The molecule has 0 unspecified atom stereocenters. The van der Waals surface area contributed by atoms with Crippen LogP contribution in [-0.4, -0.2) is 184 Å². The zero-order valence-electron chi connectivity index (χ0n) is 26.2. The van der Waals surface area contributed by atoms with Crippen LogP contribution in [0.4, 0.5) is 4.79 Å². The third kappa shape index (κ3) is 8.87. The average molecular weight is 714 g/mol. The predicted octanol–water partition coefficient (Wildman–Crippen LogP) is -4.82. The Bertz CT molecular complexity index is 1050. The van der Waals surface area contributed by atoms with Gasteiger partial charge in [-0.05, 0) is 19.3 Å². The number of unbranched alkanes of at least 4 members (excludes halogenated alkanes) is 1. The molecule has 19 nitrogen and oxygen atoms in total. The van der Waals surface area contributed by atoms with Gasteiger partial charge in [0.05, 0.1) is 38.5 Å². The number of hydrogen-bond acceptors (Lipinski definition) is 17. The molecule has 0 saturated carbocycles. The molecular formula is C28H47N3O16S. The minimum Gasteiger partial charge on any atom is -0.394 e. The zero-order chi connectivity index (χ0) is 34.4. The Labute approximate surface area is 280 Å². The van der Waals surface area contributed by atoms with Gasteiger partial charge in [0.25, 0.3) is 0 Å². The molecule has 10 N–H and O–H groups in total. The van der Waals surface area contributed by atoms with Crippen LogP contribution in [0, 0.1) is 0 Å². The maximum atomic E-state index is 12.3. The number of aliphatic hydroxyl groups is 7. The van der Waals surface area contributed by atoms with E-state index in [4.69, 9.17) is 33.2 Å². The molecule has 15 atom stereocenters. The van der Waals surface area contributed by atoms with Gasteiger partial charge in [-0.15, -0.1) is 11.8 Å². The summed E-state index contributed by atoms with van der Waals surface area (Å²) in [5.74, 6) is 0.659. The highest BCUT2D eigenvalue weighted by atomic mass is 32.2. The van der Waals surface area contributed by atoms with Crippen LogP contribution in [0.15, 0.2) is 0 Å². The predicted molar refractivity (Wildman–Crippen MR) is 160 cm³/mol. The summed E-state index contributed by atoms with van der Waals surface area (Å²) in [6.45, 7) is -0.942. The minimum atomic E-state index is -1.57. The molecule has 5 aliphatic rings. The van der Waals surface area contributed by atoms with Crippen molar-refractivity contribution in [1.82, 2.24) is 16.0 Å². The van der Waals surface area contributed by atoms with Crippen LogP contribution >= 0.6 is 11.8 Å². The second-order valence-corrected chi connectivity index (χ2v) is 13.3. The largest absolute Gasteiger partial charge is 0.394 e. The maximum Gasteiger partial charge on any atom is 0.315 e. The zero-order valence-corrected chi connectivity index (χ0v) is 27.0. The van der Waals surface area contributed by atoms with Crippen molar-refractivity contribution in [3.8, 4) is 0 Å². The van der Waals surface area contributed by atoms with Crippen molar-refractivity contribution in [1.29, 1.82) is 0 Å². The standard InChI is InChI=1S/C28H47N3O16S/c32-8-13-18(36)21(39)24(43-13)46-23-20(38)15(10-34)45-26(23)47-22-19(37)14(9-33)44-25(22)41-7-3-5-29-16(35)4-1-2-6-42-27-17-12(11-48-27)30-28(40)31-17/h12-15,17-27,32-34,36-39H,1-11H2,(H,29,35)(H2,30,31,40)/t12-,13-,14-,15-,17-,18-,19-,20-,21+,22+,23+,24+,25-,26+,27+/m0/s1. The molecule has 0 bridgehead atoms. The van der Waals surface area contributed by atoms with Gasteiger partial charge in [0.1, 0.15) is 60.4 Å². The van der Waals surface area contributed by atoms with E-state index in [9.17, 15) is 45.3 Å². The molecule has 0 aromatic heterocycles. The van der Waals surface area contributed by atoms with E-state index in [-0.39, 0.29) is 36.1 Å². The van der Waals surface area contributed by atoms with E-state index < -0.39 is 93.6 Å². The van der Waals surface area contributed by atoms with Crippen LogP contribution in [0.5, 0.6) is 0 Å². The SMILES string of the molecule is O=C(CCCCO[C@@H]1SC[C@@H]2NC(=O)N[C@@H]21)NCCCO[C@H]1O[C@@H](CO)[C@H](O)[C@H]1O[C@H]1O[C@@H](CO)[C@H](O)[C@H]1O[C@H]1O[C@@H](CO)[C@H](O)[C@H]1O. The van der Waals surface area contributed by atoms with E-state index in [2.05, 4.69) is 16.0 Å². The first-order valence-electron chi connectivity index (χ1n) is 16.2. The van der Waals surface area contributed by atoms with Crippen molar-refractivity contribution < 1.29 is 78.5 Å². The van der Waals surface area contributed by atoms with Crippen LogP contribution in [0.3, 0.4) is 0 Å². The van der Waals surface area contributed by atoms with Gasteiger partial charge in [-0.2, -0.15) is 0 Å². The van der Waals surface area contributed by atoms with E-state index in [1.165, 1.54) is 0 Å². The van der Waals surface area contributed by atoms with Crippen molar-refractivity contribution in [2.24, 2.45) is 0 Å². The van der Waals surface area contributed by atoms with Gasteiger partial charge in [-0.3, -0.25) is 4.79 Å². The maximum absolute atomic E-state index is 12.3. The molecule has 20 heteroatoms. The van der Waals surface area contributed by atoms with Gasteiger partial charge >= 0.3 is 6.03 Å². The van der Waals surface area contributed by atoms with Crippen molar-refractivity contribution in [2.45, 2.75) is 117 Å². The molecule has 5 aliphatic heterocycles. The first-order chi connectivity index (χ1) is 23.1. The molecule has 3 amide bonds. The van der Waals surface area contributed by atoms with Gasteiger partial charge in [0.15, 0.2) is 18.9 Å². The third-order valence-corrected chi connectivity index (χ3v) is 10.1. The van der Waals surface area contributed by atoms with Crippen molar-refractivity contribution >= 4 is 23.7 Å². The molecule has 0 radical (unpaired) electrons. The first-order valence-corrected chi connectivity index (χ1v) is 17.2. The third-order valence-electron chi connectivity index (χ3n) is 8.82. The number of urea groups is 1. The Balaban J connectivity index is 1.02. The lowest BCUT2D eigenvalue weighted by Gasteiger charge is -2.29. The van der Waals surface area contributed by atoms with Gasteiger partial charge in [-0.25, -0.2) is 4.79 Å². The summed E-state index contributed by atoms with van der Waals surface area (Å²) in [5, 5.41) is 79.1. The number of ether oxygens (including phenoxy) is 7. The van der Waals surface area contributed by atoms with Gasteiger partial charge < -0.3 is 84.9 Å². The molecule has 5 fully saturated rings. The summed E-state index contributed by atoms with van der Waals surface area (Å²) in [7, 11) is 0. The van der Waals surface area contributed by atoms with Gasteiger partial charge in [0.2, 0.25) is 5.91 Å². The molecule has 5 rings (SSSR count). The smallest absolute Gasteiger partial charge is 0.315 e.